The lowest BCUT2D eigenvalue weighted by atomic mass is 10.3. The molecule has 7 nitrogen and oxygen atoms in total. The Labute approximate surface area is 155 Å². The van der Waals surface area contributed by atoms with Gasteiger partial charge in [0.25, 0.3) is 5.91 Å². The number of ether oxygens (including phenoxy) is 1. The number of rotatable bonds is 6. The normalized spacial score (nSPS) is 11.5. The smallest absolute Gasteiger partial charge is 0.363 e. The van der Waals surface area contributed by atoms with Crippen LogP contribution in [-0.4, -0.2) is 34.3 Å². The lowest BCUT2D eigenvalue weighted by molar-refractivity contribution is -0.128. The molecule has 0 aliphatic heterocycles. The molecular formula is C18H18ClN3O4. The molecule has 2 aromatic rings. The summed E-state index contributed by atoms with van der Waals surface area (Å²) in [7, 11) is 0. The first-order valence-corrected chi connectivity index (χ1v) is 8.17. The molecule has 1 atom stereocenters. The molecule has 1 N–H and O–H groups in total. The predicted octanol–water partition coefficient (Wildman–Crippen LogP) is 2.04. The van der Waals surface area contributed by atoms with E-state index in [1.807, 2.05) is 0 Å². The van der Waals surface area contributed by atoms with Crippen LogP contribution in [0.2, 0.25) is 5.02 Å². The number of hydrogen-bond donors (Lipinski definition) is 1. The standard InChI is InChI=1S/C18H18ClN3O4/c1-4-9-20-17(24)12(3)26-18(25)16-15(23)10-11(2)22(21-16)14-7-5-13(19)6-8-14/h4-8,10,12H,1,9H2,2-3H3,(H,20,24)/t12-/m1/s1. The van der Waals surface area contributed by atoms with Crippen LogP contribution in [0.5, 0.6) is 0 Å². The maximum atomic E-state index is 12.3. The van der Waals surface area contributed by atoms with Crippen LogP contribution in [0.4, 0.5) is 0 Å². The van der Waals surface area contributed by atoms with E-state index in [4.69, 9.17) is 16.3 Å². The van der Waals surface area contributed by atoms with Crippen LogP contribution >= 0.6 is 11.6 Å². The van der Waals surface area contributed by atoms with Gasteiger partial charge < -0.3 is 10.1 Å². The molecule has 0 radical (unpaired) electrons. The summed E-state index contributed by atoms with van der Waals surface area (Å²) in [6.07, 6.45) is 0.424. The van der Waals surface area contributed by atoms with Crippen LogP contribution < -0.4 is 10.7 Å². The van der Waals surface area contributed by atoms with Gasteiger partial charge in [0.05, 0.1) is 5.69 Å². The Morgan fingerprint density at radius 1 is 1.38 bits per heavy atom. The Balaban J connectivity index is 2.28. The van der Waals surface area contributed by atoms with Gasteiger partial charge in [-0.25, -0.2) is 9.48 Å². The average Bonchev–Trinajstić information content (AvgIpc) is 2.60. The van der Waals surface area contributed by atoms with Gasteiger partial charge in [0, 0.05) is 23.3 Å². The summed E-state index contributed by atoms with van der Waals surface area (Å²) >= 11 is 5.87. The fourth-order valence-electron chi connectivity index (χ4n) is 2.12. The number of benzene rings is 1. The summed E-state index contributed by atoms with van der Waals surface area (Å²) in [6.45, 7) is 6.81. The number of aromatic nitrogens is 2. The van der Waals surface area contributed by atoms with Gasteiger partial charge in [-0.05, 0) is 38.1 Å². The number of carbonyl (C=O) groups is 2. The second-order valence-corrected chi connectivity index (χ2v) is 5.90. The highest BCUT2D eigenvalue weighted by Crippen LogP contribution is 2.14. The largest absolute Gasteiger partial charge is 0.448 e. The summed E-state index contributed by atoms with van der Waals surface area (Å²) in [6, 6.07) is 8.02. The number of esters is 1. The van der Waals surface area contributed by atoms with Crippen LogP contribution in [0.15, 0.2) is 47.8 Å². The predicted molar refractivity (Wildman–Crippen MR) is 97.7 cm³/mol. The van der Waals surface area contributed by atoms with Crippen LogP contribution in [0.1, 0.15) is 23.1 Å². The van der Waals surface area contributed by atoms with E-state index >= 15 is 0 Å². The minimum atomic E-state index is -1.08. The fourth-order valence-corrected chi connectivity index (χ4v) is 2.24. The average molecular weight is 376 g/mol. The van der Waals surface area contributed by atoms with Crippen molar-refractivity contribution in [3.8, 4) is 5.69 Å². The molecule has 2 rings (SSSR count). The van der Waals surface area contributed by atoms with Gasteiger partial charge in [0.1, 0.15) is 0 Å². The van der Waals surface area contributed by atoms with Crippen molar-refractivity contribution in [3.05, 3.63) is 69.6 Å². The Morgan fingerprint density at radius 2 is 2.04 bits per heavy atom. The highest BCUT2D eigenvalue weighted by molar-refractivity contribution is 6.30. The molecule has 1 aromatic heterocycles. The number of carbonyl (C=O) groups excluding carboxylic acids is 2. The first kappa shape index (κ1) is 19.4. The molecule has 26 heavy (non-hydrogen) atoms. The molecule has 0 saturated heterocycles. The molecule has 0 unspecified atom stereocenters. The lowest BCUT2D eigenvalue weighted by Crippen LogP contribution is -2.37. The maximum Gasteiger partial charge on any atom is 0.363 e. The molecule has 0 spiro atoms. The third-order valence-electron chi connectivity index (χ3n) is 3.45. The summed E-state index contributed by atoms with van der Waals surface area (Å²) < 4.78 is 6.47. The molecule has 1 heterocycles. The third kappa shape index (κ3) is 4.58. The molecule has 1 aromatic carbocycles. The van der Waals surface area contributed by atoms with Crippen LogP contribution in [0.25, 0.3) is 5.69 Å². The van der Waals surface area contributed by atoms with E-state index in [-0.39, 0.29) is 6.54 Å². The highest BCUT2D eigenvalue weighted by atomic mass is 35.5. The fraction of sp³-hybridized carbons (Fsp3) is 0.222. The zero-order valence-corrected chi connectivity index (χ0v) is 15.1. The zero-order valence-electron chi connectivity index (χ0n) is 14.4. The van der Waals surface area contributed by atoms with Gasteiger partial charge in [-0.1, -0.05) is 17.7 Å². The zero-order chi connectivity index (χ0) is 19.3. The van der Waals surface area contributed by atoms with Gasteiger partial charge in [0.2, 0.25) is 11.1 Å². The molecule has 1 amide bonds. The lowest BCUT2D eigenvalue weighted by Gasteiger charge is -2.14. The van der Waals surface area contributed by atoms with Gasteiger partial charge >= 0.3 is 5.97 Å². The molecule has 0 aliphatic rings. The van der Waals surface area contributed by atoms with Gasteiger partial charge in [-0.2, -0.15) is 5.10 Å². The van der Waals surface area contributed by atoms with E-state index in [1.165, 1.54) is 23.7 Å². The van der Waals surface area contributed by atoms with Crippen molar-refractivity contribution < 1.29 is 14.3 Å². The van der Waals surface area contributed by atoms with Gasteiger partial charge in [-0.15, -0.1) is 6.58 Å². The van der Waals surface area contributed by atoms with Crippen molar-refractivity contribution in [2.24, 2.45) is 0 Å². The van der Waals surface area contributed by atoms with Gasteiger partial charge in [-0.3, -0.25) is 9.59 Å². The van der Waals surface area contributed by atoms with E-state index in [0.717, 1.165) is 0 Å². The van der Waals surface area contributed by atoms with Gasteiger partial charge in [0.15, 0.2) is 6.10 Å². The molecule has 0 bridgehead atoms. The van der Waals surface area contributed by atoms with Crippen molar-refractivity contribution in [1.29, 1.82) is 0 Å². The van der Waals surface area contributed by atoms with Crippen molar-refractivity contribution >= 4 is 23.5 Å². The van der Waals surface area contributed by atoms with E-state index in [2.05, 4.69) is 17.0 Å². The Kier molecular flexibility index (Phi) is 6.30. The molecule has 0 aliphatic carbocycles. The minimum Gasteiger partial charge on any atom is -0.448 e. The SMILES string of the molecule is C=CCNC(=O)[C@@H](C)OC(=O)c1nn(-c2ccc(Cl)cc2)c(C)cc1=O. The van der Waals surface area contributed by atoms with Crippen molar-refractivity contribution in [2.45, 2.75) is 20.0 Å². The Morgan fingerprint density at radius 3 is 2.65 bits per heavy atom. The third-order valence-corrected chi connectivity index (χ3v) is 3.70. The van der Waals surface area contributed by atoms with Crippen molar-refractivity contribution in [1.82, 2.24) is 15.1 Å². The highest BCUT2D eigenvalue weighted by Gasteiger charge is 2.22. The van der Waals surface area contributed by atoms with E-state index in [1.54, 1.807) is 31.2 Å². The number of amides is 1. The molecule has 0 saturated carbocycles. The van der Waals surface area contributed by atoms with Crippen LogP contribution in [-0.2, 0) is 9.53 Å². The first-order valence-electron chi connectivity index (χ1n) is 7.80. The first-order chi connectivity index (χ1) is 12.3. The Hall–Kier alpha value is -2.93. The number of nitrogens with one attached hydrogen (secondary N) is 1. The molecule has 8 heteroatoms. The van der Waals surface area contributed by atoms with E-state index in [9.17, 15) is 14.4 Å². The van der Waals surface area contributed by atoms with E-state index in [0.29, 0.717) is 16.4 Å². The topological polar surface area (TPSA) is 90.3 Å². The molecule has 0 fully saturated rings. The monoisotopic (exact) mass is 375 g/mol. The number of halogens is 1. The number of aryl methyl sites for hydroxylation is 1. The van der Waals surface area contributed by atoms with Crippen LogP contribution in [0.3, 0.4) is 0 Å². The second-order valence-electron chi connectivity index (χ2n) is 5.47. The second kappa shape index (κ2) is 8.44. The summed E-state index contributed by atoms with van der Waals surface area (Å²) in [5, 5.41) is 7.14. The molecular weight excluding hydrogens is 358 g/mol. The van der Waals surface area contributed by atoms with Crippen LogP contribution in [0, 0.1) is 6.92 Å². The summed E-state index contributed by atoms with van der Waals surface area (Å²) in [4.78, 5) is 36.2. The quantitative estimate of drug-likeness (QED) is 0.616. The maximum absolute atomic E-state index is 12.3. The number of hydrogen-bond acceptors (Lipinski definition) is 5. The van der Waals surface area contributed by atoms with E-state index < -0.39 is 29.1 Å². The molecule has 136 valence electrons. The summed E-state index contributed by atoms with van der Waals surface area (Å²) in [5.74, 6) is -1.47. The van der Waals surface area contributed by atoms with Crippen molar-refractivity contribution in [2.75, 3.05) is 6.54 Å². The minimum absolute atomic E-state index is 0.243. The van der Waals surface area contributed by atoms with Crippen molar-refractivity contribution in [3.63, 3.8) is 0 Å². The summed E-state index contributed by atoms with van der Waals surface area (Å²) in [5.41, 5.74) is 0.161. The number of nitrogens with zero attached hydrogens (tertiary/aromatic N) is 2. The Bertz CT molecular complexity index is 890.